The molecule has 0 radical (unpaired) electrons. The summed E-state index contributed by atoms with van der Waals surface area (Å²) in [7, 11) is -3.38. The summed E-state index contributed by atoms with van der Waals surface area (Å²) in [5.41, 5.74) is 1.85. The van der Waals surface area contributed by atoms with Gasteiger partial charge in [-0.2, -0.15) is 0 Å². The zero-order valence-electron chi connectivity index (χ0n) is 18.2. The second kappa shape index (κ2) is 11.5. The van der Waals surface area contributed by atoms with Crippen molar-refractivity contribution < 1.29 is 13.2 Å². The number of rotatable bonds is 8. The SMILES string of the molecule is CCNC(=NCC1(C)CCCO1)NC(CC)CS(=O)(=O)c1ccc(C)c(C)c1.I. The zero-order chi connectivity index (χ0) is 20.8. The molecule has 0 amide bonds. The molecule has 2 atom stereocenters. The molecule has 1 aliphatic rings. The van der Waals surface area contributed by atoms with Gasteiger partial charge in [-0.05, 0) is 70.2 Å². The molecule has 0 aliphatic carbocycles. The molecule has 6 nitrogen and oxygen atoms in total. The normalized spacial score (nSPS) is 20.8. The van der Waals surface area contributed by atoms with Crippen molar-refractivity contribution in [3.63, 3.8) is 0 Å². The zero-order valence-corrected chi connectivity index (χ0v) is 21.4. The maximum atomic E-state index is 12.9. The molecule has 1 heterocycles. The van der Waals surface area contributed by atoms with E-state index in [4.69, 9.17) is 4.74 Å². The lowest BCUT2D eigenvalue weighted by Gasteiger charge is -2.24. The number of sulfone groups is 1. The Balaban J connectivity index is 0.00000420. The van der Waals surface area contributed by atoms with Crippen molar-refractivity contribution in [2.45, 2.75) is 70.4 Å². The molecule has 2 rings (SSSR count). The van der Waals surface area contributed by atoms with Crippen molar-refractivity contribution in [2.75, 3.05) is 25.4 Å². The van der Waals surface area contributed by atoms with E-state index in [0.717, 1.165) is 30.6 Å². The molecule has 1 aromatic carbocycles. The van der Waals surface area contributed by atoms with Crippen molar-refractivity contribution in [1.29, 1.82) is 0 Å². The highest BCUT2D eigenvalue weighted by atomic mass is 127. The molecule has 2 unspecified atom stereocenters. The molecule has 8 heteroatoms. The van der Waals surface area contributed by atoms with Gasteiger partial charge in [0.25, 0.3) is 0 Å². The highest BCUT2D eigenvalue weighted by Gasteiger charge is 2.29. The fourth-order valence-electron chi connectivity index (χ4n) is 3.25. The monoisotopic (exact) mass is 537 g/mol. The fourth-order valence-corrected chi connectivity index (χ4v) is 4.92. The second-order valence-electron chi connectivity index (χ2n) is 7.87. The van der Waals surface area contributed by atoms with Gasteiger partial charge in [0.05, 0.1) is 22.8 Å². The molecule has 1 saturated heterocycles. The van der Waals surface area contributed by atoms with E-state index in [2.05, 4.69) is 22.5 Å². The fraction of sp³-hybridized carbons (Fsp3) is 0.667. The Morgan fingerprint density at radius 3 is 2.55 bits per heavy atom. The van der Waals surface area contributed by atoms with E-state index in [1.54, 1.807) is 12.1 Å². The van der Waals surface area contributed by atoms with Crippen molar-refractivity contribution in [3.05, 3.63) is 29.3 Å². The first-order valence-electron chi connectivity index (χ1n) is 10.2. The standard InChI is InChI=1S/C21H35N3O3S.HI/c1-6-18(14-28(25,26)19-10-9-16(3)17(4)13-19)24-20(22-7-2)23-15-21(5)11-8-12-27-21;/h9-10,13,18H,6-8,11-12,14-15H2,1-5H3,(H2,22,23,24);1H. The summed E-state index contributed by atoms with van der Waals surface area (Å²) in [5.74, 6) is 0.672. The summed E-state index contributed by atoms with van der Waals surface area (Å²) in [4.78, 5) is 5.04. The van der Waals surface area contributed by atoms with E-state index in [-0.39, 0.29) is 41.4 Å². The number of halogens is 1. The number of aryl methyl sites for hydroxylation is 2. The van der Waals surface area contributed by atoms with Crippen molar-refractivity contribution in [1.82, 2.24) is 10.6 Å². The first-order chi connectivity index (χ1) is 13.2. The number of nitrogens with one attached hydrogen (secondary N) is 2. The van der Waals surface area contributed by atoms with Gasteiger partial charge < -0.3 is 15.4 Å². The lowest BCUT2D eigenvalue weighted by atomic mass is 10.0. The molecular weight excluding hydrogens is 501 g/mol. The number of nitrogens with zero attached hydrogens (tertiary/aromatic N) is 1. The average molecular weight is 538 g/mol. The smallest absolute Gasteiger partial charge is 0.191 e. The molecule has 0 aromatic heterocycles. The number of guanidine groups is 1. The van der Waals surface area contributed by atoms with E-state index in [1.807, 2.05) is 33.8 Å². The van der Waals surface area contributed by atoms with Gasteiger partial charge in [0, 0.05) is 19.2 Å². The summed E-state index contributed by atoms with van der Waals surface area (Å²) in [6, 6.07) is 5.10. The number of ether oxygens (including phenoxy) is 1. The molecule has 0 spiro atoms. The van der Waals surface area contributed by atoms with Crippen LogP contribution in [0.4, 0.5) is 0 Å². The number of benzene rings is 1. The Bertz CT molecular complexity index is 790. The first kappa shape index (κ1) is 26.2. The van der Waals surface area contributed by atoms with Crippen LogP contribution in [0.25, 0.3) is 0 Å². The maximum absolute atomic E-state index is 12.9. The van der Waals surface area contributed by atoms with Gasteiger partial charge in [0.1, 0.15) is 0 Å². The maximum Gasteiger partial charge on any atom is 0.191 e. The van der Waals surface area contributed by atoms with Crippen molar-refractivity contribution >= 4 is 39.8 Å². The van der Waals surface area contributed by atoms with Crippen LogP contribution in [0, 0.1) is 13.8 Å². The highest BCUT2D eigenvalue weighted by Crippen LogP contribution is 2.25. The minimum Gasteiger partial charge on any atom is -0.373 e. The van der Waals surface area contributed by atoms with Crippen LogP contribution in [0.1, 0.15) is 51.2 Å². The van der Waals surface area contributed by atoms with E-state index in [1.165, 1.54) is 0 Å². The van der Waals surface area contributed by atoms with Gasteiger partial charge in [-0.15, -0.1) is 24.0 Å². The quantitative estimate of drug-likeness (QED) is 0.301. The topological polar surface area (TPSA) is 79.8 Å². The number of hydrogen-bond acceptors (Lipinski definition) is 4. The summed E-state index contributed by atoms with van der Waals surface area (Å²) in [6.45, 7) is 12.0. The van der Waals surface area contributed by atoms with Crippen LogP contribution in [-0.4, -0.2) is 51.5 Å². The molecular formula is C21H36IN3O3S. The molecule has 1 aromatic rings. The van der Waals surface area contributed by atoms with Crippen molar-refractivity contribution in [2.24, 2.45) is 4.99 Å². The predicted molar refractivity (Wildman–Crippen MR) is 130 cm³/mol. The van der Waals surface area contributed by atoms with Gasteiger partial charge >= 0.3 is 0 Å². The Hall–Kier alpha value is -0.870. The minimum atomic E-state index is -3.38. The lowest BCUT2D eigenvalue weighted by molar-refractivity contribution is 0.0283. The minimum absolute atomic E-state index is 0. The van der Waals surface area contributed by atoms with Crippen LogP contribution in [0.15, 0.2) is 28.1 Å². The highest BCUT2D eigenvalue weighted by molar-refractivity contribution is 14.0. The van der Waals surface area contributed by atoms with E-state index in [0.29, 0.717) is 30.4 Å². The van der Waals surface area contributed by atoms with E-state index < -0.39 is 9.84 Å². The predicted octanol–water partition coefficient (Wildman–Crippen LogP) is 3.60. The lowest BCUT2D eigenvalue weighted by Crippen LogP contribution is -2.46. The Morgan fingerprint density at radius 2 is 2.00 bits per heavy atom. The van der Waals surface area contributed by atoms with Crippen LogP contribution in [0.5, 0.6) is 0 Å². The summed E-state index contributed by atoms with van der Waals surface area (Å²) in [6.07, 6.45) is 2.73. The number of aliphatic imine (C=N–C) groups is 1. The third-order valence-corrected chi connectivity index (χ3v) is 7.12. The summed E-state index contributed by atoms with van der Waals surface area (Å²) in [5, 5.41) is 6.52. The van der Waals surface area contributed by atoms with Gasteiger partial charge in [0.15, 0.2) is 15.8 Å². The number of hydrogen-bond donors (Lipinski definition) is 2. The largest absolute Gasteiger partial charge is 0.373 e. The van der Waals surface area contributed by atoms with Gasteiger partial charge in [-0.25, -0.2) is 8.42 Å². The van der Waals surface area contributed by atoms with Crippen LogP contribution in [0.3, 0.4) is 0 Å². The Labute approximate surface area is 193 Å². The van der Waals surface area contributed by atoms with Crippen LogP contribution >= 0.6 is 24.0 Å². The van der Waals surface area contributed by atoms with Crippen LogP contribution in [-0.2, 0) is 14.6 Å². The van der Waals surface area contributed by atoms with Crippen LogP contribution < -0.4 is 10.6 Å². The molecule has 166 valence electrons. The Kier molecular flexibility index (Phi) is 10.4. The molecule has 29 heavy (non-hydrogen) atoms. The molecule has 1 fully saturated rings. The third kappa shape index (κ3) is 7.71. The van der Waals surface area contributed by atoms with Gasteiger partial charge in [0.2, 0.25) is 0 Å². The first-order valence-corrected chi connectivity index (χ1v) is 11.8. The molecule has 2 N–H and O–H groups in total. The van der Waals surface area contributed by atoms with Gasteiger partial charge in [-0.3, -0.25) is 4.99 Å². The third-order valence-electron chi connectivity index (χ3n) is 5.31. The second-order valence-corrected chi connectivity index (χ2v) is 9.91. The molecule has 1 aliphatic heterocycles. The molecule has 0 saturated carbocycles. The van der Waals surface area contributed by atoms with E-state index >= 15 is 0 Å². The Morgan fingerprint density at radius 1 is 1.28 bits per heavy atom. The average Bonchev–Trinajstić information content (AvgIpc) is 3.08. The summed E-state index contributed by atoms with van der Waals surface area (Å²) >= 11 is 0. The van der Waals surface area contributed by atoms with Crippen LogP contribution in [0.2, 0.25) is 0 Å². The summed E-state index contributed by atoms with van der Waals surface area (Å²) < 4.78 is 31.6. The molecule has 0 bridgehead atoms. The van der Waals surface area contributed by atoms with Crippen molar-refractivity contribution in [3.8, 4) is 0 Å². The van der Waals surface area contributed by atoms with Gasteiger partial charge in [-0.1, -0.05) is 13.0 Å². The van der Waals surface area contributed by atoms with E-state index in [9.17, 15) is 8.42 Å².